The Labute approximate surface area is 141 Å². The van der Waals surface area contributed by atoms with Crippen molar-refractivity contribution in [1.82, 2.24) is 9.97 Å². The van der Waals surface area contributed by atoms with E-state index in [9.17, 15) is 4.79 Å². The van der Waals surface area contributed by atoms with Crippen LogP contribution in [0.3, 0.4) is 0 Å². The molecule has 7 heteroatoms. The minimum Gasteiger partial charge on any atom is -0.497 e. The Kier molecular flexibility index (Phi) is 5.95. The molecule has 1 amide bonds. The van der Waals surface area contributed by atoms with Crippen molar-refractivity contribution >= 4 is 17.5 Å². The third-order valence-electron chi connectivity index (χ3n) is 3.58. The molecule has 0 saturated heterocycles. The first-order chi connectivity index (χ1) is 11.6. The van der Waals surface area contributed by atoms with Gasteiger partial charge in [-0.3, -0.25) is 4.79 Å². The maximum atomic E-state index is 12.5. The van der Waals surface area contributed by atoms with Crippen LogP contribution in [-0.2, 0) is 0 Å². The predicted molar refractivity (Wildman–Crippen MR) is 93.1 cm³/mol. The number of hydrogen-bond donors (Lipinski definition) is 1. The van der Waals surface area contributed by atoms with Crippen molar-refractivity contribution < 1.29 is 14.3 Å². The zero-order valence-corrected chi connectivity index (χ0v) is 14.4. The first-order valence-electron chi connectivity index (χ1n) is 7.74. The van der Waals surface area contributed by atoms with E-state index >= 15 is 0 Å². The van der Waals surface area contributed by atoms with E-state index in [2.05, 4.69) is 15.3 Å². The number of nitrogens with one attached hydrogen (secondary N) is 1. The predicted octanol–water partition coefficient (Wildman–Crippen LogP) is 2.59. The summed E-state index contributed by atoms with van der Waals surface area (Å²) in [6, 6.07) is 6.76. The van der Waals surface area contributed by atoms with Gasteiger partial charge in [-0.25, -0.2) is 9.97 Å². The van der Waals surface area contributed by atoms with Gasteiger partial charge < -0.3 is 19.7 Å². The smallest absolute Gasteiger partial charge is 0.274 e. The van der Waals surface area contributed by atoms with Gasteiger partial charge in [0.1, 0.15) is 17.2 Å². The number of ether oxygens (including phenoxy) is 2. The van der Waals surface area contributed by atoms with Crippen LogP contribution in [0.1, 0.15) is 24.3 Å². The fourth-order valence-corrected chi connectivity index (χ4v) is 2.22. The average molecular weight is 330 g/mol. The van der Waals surface area contributed by atoms with Crippen LogP contribution < -0.4 is 19.7 Å². The third kappa shape index (κ3) is 3.92. The highest BCUT2D eigenvalue weighted by Crippen LogP contribution is 2.29. The van der Waals surface area contributed by atoms with Gasteiger partial charge in [0.2, 0.25) is 5.95 Å². The van der Waals surface area contributed by atoms with Gasteiger partial charge in [-0.2, -0.15) is 0 Å². The summed E-state index contributed by atoms with van der Waals surface area (Å²) < 4.78 is 10.4. The van der Waals surface area contributed by atoms with E-state index in [1.165, 1.54) is 7.11 Å². The summed E-state index contributed by atoms with van der Waals surface area (Å²) in [5.74, 6) is 1.38. The summed E-state index contributed by atoms with van der Waals surface area (Å²) in [6.07, 6.45) is 1.58. The maximum absolute atomic E-state index is 12.5. The second kappa shape index (κ2) is 8.14. The minimum atomic E-state index is -0.325. The van der Waals surface area contributed by atoms with Crippen molar-refractivity contribution in [1.29, 1.82) is 0 Å². The molecule has 0 fully saturated rings. The van der Waals surface area contributed by atoms with Crippen LogP contribution in [0, 0.1) is 0 Å². The molecule has 1 heterocycles. The lowest BCUT2D eigenvalue weighted by molar-refractivity contribution is 0.102. The van der Waals surface area contributed by atoms with Gasteiger partial charge in [-0.15, -0.1) is 0 Å². The third-order valence-corrected chi connectivity index (χ3v) is 3.58. The zero-order valence-electron chi connectivity index (χ0n) is 14.4. The lowest BCUT2D eigenvalue weighted by Crippen LogP contribution is -2.25. The maximum Gasteiger partial charge on any atom is 0.274 e. The Morgan fingerprint density at radius 2 is 1.92 bits per heavy atom. The molecule has 2 rings (SSSR count). The molecule has 0 aliphatic carbocycles. The lowest BCUT2D eigenvalue weighted by atomic mass is 10.2. The number of benzene rings is 1. The molecule has 0 aliphatic heterocycles. The van der Waals surface area contributed by atoms with E-state index in [4.69, 9.17) is 9.47 Å². The van der Waals surface area contributed by atoms with E-state index in [0.717, 1.165) is 13.1 Å². The highest BCUT2D eigenvalue weighted by molar-refractivity contribution is 6.03. The van der Waals surface area contributed by atoms with E-state index in [1.54, 1.807) is 37.6 Å². The Morgan fingerprint density at radius 1 is 1.17 bits per heavy atom. The van der Waals surface area contributed by atoms with Gasteiger partial charge in [0, 0.05) is 25.4 Å². The molecule has 0 unspecified atom stereocenters. The number of hydrogen-bond acceptors (Lipinski definition) is 6. The molecule has 7 nitrogen and oxygen atoms in total. The molecule has 24 heavy (non-hydrogen) atoms. The van der Waals surface area contributed by atoms with Crippen LogP contribution in [0.15, 0.2) is 30.5 Å². The highest BCUT2D eigenvalue weighted by Gasteiger charge is 2.14. The Balaban J connectivity index is 2.22. The largest absolute Gasteiger partial charge is 0.497 e. The molecule has 0 saturated carbocycles. The summed E-state index contributed by atoms with van der Waals surface area (Å²) in [4.78, 5) is 23.0. The lowest BCUT2D eigenvalue weighted by Gasteiger charge is -2.18. The molecule has 0 aliphatic rings. The second-order valence-electron chi connectivity index (χ2n) is 4.93. The van der Waals surface area contributed by atoms with Crippen molar-refractivity contribution in [3.05, 3.63) is 36.2 Å². The Bertz CT molecular complexity index is 702. The van der Waals surface area contributed by atoms with Crippen molar-refractivity contribution in [3.63, 3.8) is 0 Å². The van der Waals surface area contributed by atoms with E-state index in [-0.39, 0.29) is 5.91 Å². The Hall–Kier alpha value is -2.83. The molecule has 1 N–H and O–H groups in total. The minimum absolute atomic E-state index is 0.296. The van der Waals surface area contributed by atoms with Gasteiger partial charge in [-0.1, -0.05) is 0 Å². The second-order valence-corrected chi connectivity index (χ2v) is 4.93. The fraction of sp³-hybridized carbons (Fsp3) is 0.353. The zero-order chi connectivity index (χ0) is 17.5. The fourth-order valence-electron chi connectivity index (χ4n) is 2.22. The van der Waals surface area contributed by atoms with E-state index in [1.807, 2.05) is 18.7 Å². The van der Waals surface area contributed by atoms with Crippen molar-refractivity contribution in [2.45, 2.75) is 13.8 Å². The summed E-state index contributed by atoms with van der Waals surface area (Å²) >= 11 is 0. The number of carbonyl (C=O) groups is 1. The van der Waals surface area contributed by atoms with Gasteiger partial charge >= 0.3 is 0 Å². The quantitative estimate of drug-likeness (QED) is 0.841. The van der Waals surface area contributed by atoms with Crippen molar-refractivity contribution in [2.75, 3.05) is 37.5 Å². The van der Waals surface area contributed by atoms with Crippen LogP contribution >= 0.6 is 0 Å². The normalized spacial score (nSPS) is 10.2. The number of anilines is 2. The highest BCUT2D eigenvalue weighted by atomic mass is 16.5. The van der Waals surface area contributed by atoms with Gasteiger partial charge in [0.25, 0.3) is 5.91 Å². The van der Waals surface area contributed by atoms with Gasteiger partial charge in [0.05, 0.1) is 19.9 Å². The molecule has 2 aromatic rings. The molecule has 128 valence electrons. The first kappa shape index (κ1) is 17.5. The van der Waals surface area contributed by atoms with E-state index in [0.29, 0.717) is 28.8 Å². The molecule has 0 radical (unpaired) electrons. The summed E-state index contributed by atoms with van der Waals surface area (Å²) in [5, 5.41) is 2.80. The van der Waals surface area contributed by atoms with Crippen LogP contribution in [0.25, 0.3) is 0 Å². The molecule has 0 bridgehead atoms. The standard InChI is InChI=1S/C17H22N4O3/c1-5-21(6-2)17-18-10-9-14(20-17)16(22)19-13-8-7-12(23-3)11-15(13)24-4/h7-11H,5-6H2,1-4H3,(H,19,22). The molecular weight excluding hydrogens is 308 g/mol. The molecule has 1 aromatic carbocycles. The SMILES string of the molecule is CCN(CC)c1nccc(C(=O)Nc2ccc(OC)cc2OC)n1. The first-order valence-corrected chi connectivity index (χ1v) is 7.74. The number of nitrogens with zero attached hydrogens (tertiary/aromatic N) is 3. The number of amides is 1. The number of rotatable bonds is 7. The summed E-state index contributed by atoms with van der Waals surface area (Å²) in [6.45, 7) is 5.57. The topological polar surface area (TPSA) is 76.6 Å². The van der Waals surface area contributed by atoms with Crippen LogP contribution in [-0.4, -0.2) is 43.2 Å². The van der Waals surface area contributed by atoms with Crippen molar-refractivity contribution in [3.8, 4) is 11.5 Å². The van der Waals surface area contributed by atoms with Gasteiger partial charge in [0.15, 0.2) is 0 Å². The number of carbonyl (C=O) groups excluding carboxylic acids is 1. The number of aromatic nitrogens is 2. The molecule has 0 spiro atoms. The number of methoxy groups -OCH3 is 2. The molecule has 0 atom stereocenters. The molecular formula is C17H22N4O3. The Morgan fingerprint density at radius 3 is 2.54 bits per heavy atom. The summed E-state index contributed by atoms with van der Waals surface area (Å²) in [7, 11) is 3.11. The summed E-state index contributed by atoms with van der Waals surface area (Å²) in [5.41, 5.74) is 0.844. The van der Waals surface area contributed by atoms with Crippen LogP contribution in [0.2, 0.25) is 0 Å². The van der Waals surface area contributed by atoms with Crippen molar-refractivity contribution in [2.24, 2.45) is 0 Å². The molecule has 1 aromatic heterocycles. The average Bonchev–Trinajstić information content (AvgIpc) is 2.63. The van der Waals surface area contributed by atoms with Crippen LogP contribution in [0.5, 0.6) is 11.5 Å². The van der Waals surface area contributed by atoms with E-state index < -0.39 is 0 Å². The monoisotopic (exact) mass is 330 g/mol. The van der Waals surface area contributed by atoms with Gasteiger partial charge in [-0.05, 0) is 32.0 Å². The van der Waals surface area contributed by atoms with Crippen LogP contribution in [0.4, 0.5) is 11.6 Å².